The SMILES string of the molecule is CC(C)C(C)CCC(C)(C)CC(C)(C)N. The molecule has 0 aromatic heterocycles. The van der Waals surface area contributed by atoms with Crippen LogP contribution in [0.2, 0.25) is 0 Å². The fraction of sp³-hybridized carbons (Fsp3) is 1.00. The molecule has 2 N–H and O–H groups in total. The first-order valence-corrected chi connectivity index (χ1v) is 6.32. The predicted molar refractivity (Wildman–Crippen MR) is 69.9 cm³/mol. The van der Waals surface area contributed by atoms with Gasteiger partial charge in [0.1, 0.15) is 0 Å². The Labute approximate surface area is 96.8 Å². The Morgan fingerprint density at radius 1 is 1.00 bits per heavy atom. The molecule has 0 aromatic carbocycles. The van der Waals surface area contributed by atoms with E-state index in [1.54, 1.807) is 0 Å². The molecule has 0 amide bonds. The molecule has 0 aromatic rings. The molecule has 0 saturated carbocycles. The first-order chi connectivity index (χ1) is 6.53. The second-order valence-electron chi connectivity index (χ2n) is 7.09. The summed E-state index contributed by atoms with van der Waals surface area (Å²) in [5.41, 5.74) is 6.43. The summed E-state index contributed by atoms with van der Waals surface area (Å²) in [4.78, 5) is 0. The van der Waals surface area contributed by atoms with E-state index in [-0.39, 0.29) is 5.54 Å². The molecule has 92 valence electrons. The molecule has 1 heteroatoms. The van der Waals surface area contributed by atoms with Gasteiger partial charge in [-0.2, -0.15) is 0 Å². The summed E-state index contributed by atoms with van der Waals surface area (Å²) in [6.07, 6.45) is 3.71. The van der Waals surface area contributed by atoms with Crippen LogP contribution in [0.1, 0.15) is 67.7 Å². The van der Waals surface area contributed by atoms with Gasteiger partial charge in [0.2, 0.25) is 0 Å². The van der Waals surface area contributed by atoms with Gasteiger partial charge in [0.15, 0.2) is 0 Å². The first kappa shape index (κ1) is 15.0. The lowest BCUT2D eigenvalue weighted by atomic mass is 9.75. The Hall–Kier alpha value is -0.0400. The summed E-state index contributed by atoms with van der Waals surface area (Å²) in [5, 5.41) is 0. The molecule has 0 saturated heterocycles. The van der Waals surface area contributed by atoms with Crippen LogP contribution in [0.15, 0.2) is 0 Å². The van der Waals surface area contributed by atoms with Crippen molar-refractivity contribution < 1.29 is 0 Å². The standard InChI is InChI=1S/C14H31N/c1-11(2)12(3)8-9-13(4,5)10-14(6,7)15/h11-12H,8-10,15H2,1-7H3. The lowest BCUT2D eigenvalue weighted by molar-refractivity contribution is 0.213. The maximum Gasteiger partial charge on any atom is 0.0102 e. The zero-order valence-electron chi connectivity index (χ0n) is 11.9. The van der Waals surface area contributed by atoms with Gasteiger partial charge >= 0.3 is 0 Å². The molecule has 0 aliphatic heterocycles. The molecule has 0 fully saturated rings. The smallest absolute Gasteiger partial charge is 0.0102 e. The van der Waals surface area contributed by atoms with Crippen molar-refractivity contribution in [1.29, 1.82) is 0 Å². The van der Waals surface area contributed by atoms with Gasteiger partial charge < -0.3 is 5.73 Å². The largest absolute Gasteiger partial charge is 0.326 e. The van der Waals surface area contributed by atoms with Crippen LogP contribution in [-0.4, -0.2) is 5.54 Å². The normalized spacial score (nSPS) is 15.8. The monoisotopic (exact) mass is 213 g/mol. The molecule has 1 unspecified atom stereocenters. The molecule has 1 atom stereocenters. The van der Waals surface area contributed by atoms with E-state index >= 15 is 0 Å². The summed E-state index contributed by atoms with van der Waals surface area (Å²) in [6, 6.07) is 0. The third-order valence-electron chi connectivity index (χ3n) is 3.35. The Bertz CT molecular complexity index is 174. The van der Waals surface area contributed by atoms with Crippen molar-refractivity contribution in [3.8, 4) is 0 Å². The van der Waals surface area contributed by atoms with Gasteiger partial charge in [-0.15, -0.1) is 0 Å². The maximum atomic E-state index is 6.09. The van der Waals surface area contributed by atoms with E-state index in [1.807, 2.05) is 0 Å². The Morgan fingerprint density at radius 3 is 1.80 bits per heavy atom. The van der Waals surface area contributed by atoms with Crippen molar-refractivity contribution >= 4 is 0 Å². The van der Waals surface area contributed by atoms with Crippen LogP contribution in [0, 0.1) is 17.3 Å². The van der Waals surface area contributed by atoms with Crippen molar-refractivity contribution in [2.45, 2.75) is 73.3 Å². The zero-order valence-corrected chi connectivity index (χ0v) is 11.9. The highest BCUT2D eigenvalue weighted by atomic mass is 14.7. The van der Waals surface area contributed by atoms with Crippen LogP contribution in [0.4, 0.5) is 0 Å². The second kappa shape index (κ2) is 5.34. The van der Waals surface area contributed by atoms with Crippen LogP contribution in [-0.2, 0) is 0 Å². The van der Waals surface area contributed by atoms with Crippen LogP contribution in [0.3, 0.4) is 0 Å². The molecule has 1 nitrogen and oxygen atoms in total. The lowest BCUT2D eigenvalue weighted by Gasteiger charge is -2.33. The number of hydrogen-bond donors (Lipinski definition) is 1. The van der Waals surface area contributed by atoms with Gasteiger partial charge in [0.05, 0.1) is 0 Å². The molecular formula is C14H31N. The van der Waals surface area contributed by atoms with Gasteiger partial charge in [-0.25, -0.2) is 0 Å². The summed E-state index contributed by atoms with van der Waals surface area (Å²) in [5.74, 6) is 1.62. The van der Waals surface area contributed by atoms with E-state index in [4.69, 9.17) is 5.73 Å². The Morgan fingerprint density at radius 2 is 1.47 bits per heavy atom. The van der Waals surface area contributed by atoms with Crippen LogP contribution < -0.4 is 5.73 Å². The molecule has 0 aliphatic carbocycles. The predicted octanol–water partition coefficient (Wildman–Crippen LogP) is 4.21. The number of hydrogen-bond acceptors (Lipinski definition) is 1. The van der Waals surface area contributed by atoms with E-state index in [1.165, 1.54) is 12.8 Å². The van der Waals surface area contributed by atoms with Crippen molar-refractivity contribution in [3.05, 3.63) is 0 Å². The summed E-state index contributed by atoms with van der Waals surface area (Å²) in [6.45, 7) is 15.9. The van der Waals surface area contributed by atoms with Gasteiger partial charge in [-0.3, -0.25) is 0 Å². The molecule has 0 radical (unpaired) electrons. The third kappa shape index (κ3) is 7.84. The summed E-state index contributed by atoms with van der Waals surface area (Å²) < 4.78 is 0. The summed E-state index contributed by atoms with van der Waals surface area (Å²) >= 11 is 0. The van der Waals surface area contributed by atoms with E-state index in [9.17, 15) is 0 Å². The quantitative estimate of drug-likeness (QED) is 0.702. The fourth-order valence-corrected chi connectivity index (χ4v) is 2.27. The highest BCUT2D eigenvalue weighted by molar-refractivity contribution is 4.82. The van der Waals surface area contributed by atoms with Gasteiger partial charge in [-0.05, 0) is 50.4 Å². The van der Waals surface area contributed by atoms with E-state index in [2.05, 4.69) is 48.5 Å². The van der Waals surface area contributed by atoms with Crippen molar-refractivity contribution in [3.63, 3.8) is 0 Å². The van der Waals surface area contributed by atoms with Crippen molar-refractivity contribution in [1.82, 2.24) is 0 Å². The van der Waals surface area contributed by atoms with Crippen molar-refractivity contribution in [2.24, 2.45) is 23.0 Å². The minimum absolute atomic E-state index is 0.0371. The molecule has 0 heterocycles. The van der Waals surface area contributed by atoms with Crippen molar-refractivity contribution in [2.75, 3.05) is 0 Å². The molecule has 0 bridgehead atoms. The molecule has 0 spiro atoms. The minimum Gasteiger partial charge on any atom is -0.326 e. The van der Waals surface area contributed by atoms with Gasteiger partial charge in [0, 0.05) is 5.54 Å². The highest BCUT2D eigenvalue weighted by Gasteiger charge is 2.26. The molecular weight excluding hydrogens is 182 g/mol. The Kier molecular flexibility index (Phi) is 5.32. The molecule has 0 rings (SSSR count). The first-order valence-electron chi connectivity index (χ1n) is 6.32. The topological polar surface area (TPSA) is 26.0 Å². The number of nitrogens with two attached hydrogens (primary N) is 1. The molecule has 15 heavy (non-hydrogen) atoms. The summed E-state index contributed by atoms with van der Waals surface area (Å²) in [7, 11) is 0. The second-order valence-corrected chi connectivity index (χ2v) is 7.09. The minimum atomic E-state index is -0.0371. The van der Waals surface area contributed by atoms with Crippen LogP contribution >= 0.6 is 0 Å². The average Bonchev–Trinajstić information content (AvgIpc) is 1.95. The third-order valence-corrected chi connectivity index (χ3v) is 3.35. The zero-order chi connectivity index (χ0) is 12.3. The van der Waals surface area contributed by atoms with Gasteiger partial charge in [-0.1, -0.05) is 34.6 Å². The Balaban J connectivity index is 4.04. The van der Waals surface area contributed by atoms with Gasteiger partial charge in [0.25, 0.3) is 0 Å². The highest BCUT2D eigenvalue weighted by Crippen LogP contribution is 2.33. The van der Waals surface area contributed by atoms with E-state index < -0.39 is 0 Å². The van der Waals surface area contributed by atoms with E-state index in [0.717, 1.165) is 18.3 Å². The van der Waals surface area contributed by atoms with E-state index in [0.29, 0.717) is 5.41 Å². The van der Waals surface area contributed by atoms with Crippen LogP contribution in [0.25, 0.3) is 0 Å². The lowest BCUT2D eigenvalue weighted by Crippen LogP contribution is -2.37. The van der Waals surface area contributed by atoms with Crippen LogP contribution in [0.5, 0.6) is 0 Å². The number of rotatable bonds is 6. The fourth-order valence-electron chi connectivity index (χ4n) is 2.27. The molecule has 0 aliphatic rings. The average molecular weight is 213 g/mol. The maximum absolute atomic E-state index is 6.09.